The van der Waals surface area contributed by atoms with Crippen molar-refractivity contribution in [1.82, 2.24) is 5.32 Å². The fourth-order valence-corrected chi connectivity index (χ4v) is 1.94. The van der Waals surface area contributed by atoms with Gasteiger partial charge in [-0.3, -0.25) is 4.79 Å². The van der Waals surface area contributed by atoms with Crippen molar-refractivity contribution in [3.8, 4) is 5.75 Å². The fraction of sp³-hybridized carbons (Fsp3) is 0.250. The second-order valence-corrected chi connectivity index (χ2v) is 5.17. The van der Waals surface area contributed by atoms with Crippen molar-refractivity contribution in [2.45, 2.75) is 19.6 Å². The van der Waals surface area contributed by atoms with Gasteiger partial charge < -0.3 is 19.6 Å². The first-order valence-electron chi connectivity index (χ1n) is 7.06. The molecule has 1 amide bonds. The summed E-state index contributed by atoms with van der Waals surface area (Å²) in [4.78, 5) is 22.6. The second-order valence-electron chi connectivity index (χ2n) is 5.17. The standard InChI is InChI=1S/C16H14F3NO5/c1-9-2-3-10(13(6-9)24-8-16(17,18)19)7-20-14(21)11-4-5-12(25-11)15(22)23/h2-6H,7-8H2,1H3,(H,20,21)(H,22,23). The Hall–Kier alpha value is -2.97. The molecule has 0 aliphatic heterocycles. The zero-order valence-corrected chi connectivity index (χ0v) is 13.0. The number of benzene rings is 1. The average Bonchev–Trinajstić information content (AvgIpc) is 3.01. The summed E-state index contributed by atoms with van der Waals surface area (Å²) in [5.41, 5.74) is 1.04. The number of aromatic carboxylic acids is 1. The third-order valence-electron chi connectivity index (χ3n) is 3.09. The van der Waals surface area contributed by atoms with Gasteiger partial charge in [0.15, 0.2) is 12.4 Å². The average molecular weight is 357 g/mol. The van der Waals surface area contributed by atoms with Gasteiger partial charge in [0.2, 0.25) is 5.76 Å². The van der Waals surface area contributed by atoms with Crippen LogP contribution in [0.5, 0.6) is 5.75 Å². The number of hydrogen-bond acceptors (Lipinski definition) is 4. The molecule has 9 heteroatoms. The minimum atomic E-state index is -4.48. The lowest BCUT2D eigenvalue weighted by atomic mass is 10.1. The van der Waals surface area contributed by atoms with Crippen LogP contribution in [0, 0.1) is 6.92 Å². The van der Waals surface area contributed by atoms with Crippen LogP contribution in [-0.2, 0) is 6.54 Å². The zero-order valence-electron chi connectivity index (χ0n) is 13.0. The van der Waals surface area contributed by atoms with Gasteiger partial charge >= 0.3 is 12.1 Å². The van der Waals surface area contributed by atoms with Crippen molar-refractivity contribution in [3.05, 3.63) is 53.0 Å². The third kappa shape index (κ3) is 5.27. The minimum absolute atomic E-state index is 0.00305. The highest BCUT2D eigenvalue weighted by Gasteiger charge is 2.29. The number of rotatable bonds is 6. The molecule has 0 saturated carbocycles. The Morgan fingerprint density at radius 2 is 1.88 bits per heavy atom. The summed E-state index contributed by atoms with van der Waals surface area (Å²) < 4.78 is 46.6. The number of amides is 1. The van der Waals surface area contributed by atoms with Crippen molar-refractivity contribution in [2.24, 2.45) is 0 Å². The maximum absolute atomic E-state index is 12.3. The van der Waals surface area contributed by atoms with Gasteiger partial charge in [-0.2, -0.15) is 13.2 Å². The van der Waals surface area contributed by atoms with Gasteiger partial charge in [0.05, 0.1) is 0 Å². The van der Waals surface area contributed by atoms with Crippen LogP contribution in [0.1, 0.15) is 32.2 Å². The first-order chi connectivity index (χ1) is 11.7. The molecule has 0 aliphatic carbocycles. The molecule has 2 aromatic rings. The second kappa shape index (κ2) is 7.29. The lowest BCUT2D eigenvalue weighted by molar-refractivity contribution is -0.153. The molecule has 1 heterocycles. The topological polar surface area (TPSA) is 88.8 Å². The molecule has 0 saturated heterocycles. The van der Waals surface area contributed by atoms with Gasteiger partial charge in [-0.1, -0.05) is 12.1 Å². The van der Waals surface area contributed by atoms with E-state index in [1.807, 2.05) is 0 Å². The van der Waals surface area contributed by atoms with Crippen molar-refractivity contribution in [1.29, 1.82) is 0 Å². The SMILES string of the molecule is Cc1ccc(CNC(=O)c2ccc(C(=O)O)o2)c(OCC(F)(F)F)c1. The van der Waals surface area contributed by atoms with Crippen LogP contribution in [0.25, 0.3) is 0 Å². The molecule has 2 N–H and O–H groups in total. The Kier molecular flexibility index (Phi) is 5.35. The molecular formula is C16H14F3NO5. The van der Waals surface area contributed by atoms with E-state index >= 15 is 0 Å². The van der Waals surface area contributed by atoms with E-state index in [2.05, 4.69) is 5.32 Å². The summed E-state index contributed by atoms with van der Waals surface area (Å²) in [7, 11) is 0. The van der Waals surface area contributed by atoms with Gasteiger partial charge in [0.1, 0.15) is 5.75 Å². The van der Waals surface area contributed by atoms with E-state index in [0.29, 0.717) is 11.1 Å². The molecule has 0 atom stereocenters. The quantitative estimate of drug-likeness (QED) is 0.829. The molecule has 1 aromatic heterocycles. The van der Waals surface area contributed by atoms with E-state index < -0.39 is 30.4 Å². The fourth-order valence-electron chi connectivity index (χ4n) is 1.94. The van der Waals surface area contributed by atoms with Crippen LogP contribution in [0.4, 0.5) is 13.2 Å². The summed E-state index contributed by atoms with van der Waals surface area (Å²) in [6.45, 7) is 0.131. The van der Waals surface area contributed by atoms with Crippen molar-refractivity contribution in [2.75, 3.05) is 6.61 Å². The summed E-state index contributed by atoms with van der Waals surface area (Å²) in [5.74, 6) is -2.63. The molecule has 0 spiro atoms. The molecular weight excluding hydrogens is 343 g/mol. The van der Waals surface area contributed by atoms with E-state index in [4.69, 9.17) is 14.3 Å². The molecule has 0 bridgehead atoms. The molecule has 25 heavy (non-hydrogen) atoms. The Morgan fingerprint density at radius 3 is 2.48 bits per heavy atom. The number of carboxylic acid groups (broad SMARTS) is 1. The number of alkyl halides is 3. The molecule has 2 rings (SSSR count). The van der Waals surface area contributed by atoms with Crippen LogP contribution in [-0.4, -0.2) is 29.8 Å². The number of halogens is 3. The monoisotopic (exact) mass is 357 g/mol. The highest BCUT2D eigenvalue weighted by molar-refractivity contribution is 5.93. The number of carbonyl (C=O) groups is 2. The lowest BCUT2D eigenvalue weighted by Gasteiger charge is -2.14. The van der Waals surface area contributed by atoms with Crippen molar-refractivity contribution < 1.29 is 37.0 Å². The Morgan fingerprint density at radius 1 is 1.20 bits per heavy atom. The number of carboxylic acids is 1. The first-order valence-corrected chi connectivity index (χ1v) is 7.06. The van der Waals surface area contributed by atoms with E-state index in [-0.39, 0.29) is 18.1 Å². The zero-order chi connectivity index (χ0) is 18.6. The Labute approximate surface area is 140 Å². The third-order valence-corrected chi connectivity index (χ3v) is 3.09. The Bertz CT molecular complexity index is 782. The number of aryl methyl sites for hydroxylation is 1. The number of ether oxygens (including phenoxy) is 1. The summed E-state index contributed by atoms with van der Waals surface area (Å²) in [6, 6.07) is 6.95. The molecule has 0 fully saturated rings. The molecule has 1 aromatic carbocycles. The Balaban J connectivity index is 2.06. The van der Waals surface area contributed by atoms with E-state index in [9.17, 15) is 22.8 Å². The number of furan rings is 1. The van der Waals surface area contributed by atoms with Crippen molar-refractivity contribution >= 4 is 11.9 Å². The number of nitrogens with one attached hydrogen (secondary N) is 1. The molecule has 6 nitrogen and oxygen atoms in total. The van der Waals surface area contributed by atoms with Gasteiger partial charge in [-0.15, -0.1) is 0 Å². The van der Waals surface area contributed by atoms with Crippen LogP contribution in [0.3, 0.4) is 0 Å². The summed E-state index contributed by atoms with van der Waals surface area (Å²) in [5, 5.41) is 11.2. The lowest BCUT2D eigenvalue weighted by Crippen LogP contribution is -2.24. The van der Waals surface area contributed by atoms with Gasteiger partial charge in [0, 0.05) is 12.1 Å². The maximum atomic E-state index is 12.3. The van der Waals surface area contributed by atoms with Crippen LogP contribution < -0.4 is 10.1 Å². The molecule has 0 unspecified atom stereocenters. The van der Waals surface area contributed by atoms with Crippen LogP contribution in [0.15, 0.2) is 34.7 Å². The highest BCUT2D eigenvalue weighted by atomic mass is 19.4. The minimum Gasteiger partial charge on any atom is -0.484 e. The first kappa shape index (κ1) is 18.4. The van der Waals surface area contributed by atoms with Crippen LogP contribution >= 0.6 is 0 Å². The predicted octanol–water partition coefficient (Wildman–Crippen LogP) is 3.16. The maximum Gasteiger partial charge on any atom is 0.422 e. The van der Waals surface area contributed by atoms with Gasteiger partial charge in [-0.25, -0.2) is 4.79 Å². The predicted molar refractivity (Wildman–Crippen MR) is 79.6 cm³/mol. The highest BCUT2D eigenvalue weighted by Crippen LogP contribution is 2.24. The number of carbonyl (C=O) groups excluding carboxylic acids is 1. The van der Waals surface area contributed by atoms with E-state index in [0.717, 1.165) is 6.07 Å². The van der Waals surface area contributed by atoms with E-state index in [1.54, 1.807) is 13.0 Å². The normalized spacial score (nSPS) is 11.2. The van der Waals surface area contributed by atoms with Gasteiger partial charge in [-0.05, 0) is 30.7 Å². The summed E-state index contributed by atoms with van der Waals surface area (Å²) in [6.07, 6.45) is -4.48. The molecule has 134 valence electrons. The smallest absolute Gasteiger partial charge is 0.422 e. The van der Waals surface area contributed by atoms with Crippen molar-refractivity contribution in [3.63, 3.8) is 0 Å². The molecule has 0 aliphatic rings. The van der Waals surface area contributed by atoms with Crippen LogP contribution in [0.2, 0.25) is 0 Å². The largest absolute Gasteiger partial charge is 0.484 e. The van der Waals surface area contributed by atoms with E-state index in [1.165, 1.54) is 18.2 Å². The molecule has 0 radical (unpaired) electrons. The van der Waals surface area contributed by atoms with Gasteiger partial charge in [0.25, 0.3) is 5.91 Å². The number of hydrogen-bond donors (Lipinski definition) is 2. The summed E-state index contributed by atoms with van der Waals surface area (Å²) >= 11 is 0.